The van der Waals surface area contributed by atoms with Crippen molar-refractivity contribution >= 4 is 22.8 Å². The van der Waals surface area contributed by atoms with Crippen molar-refractivity contribution in [3.63, 3.8) is 0 Å². The van der Waals surface area contributed by atoms with E-state index in [1.807, 2.05) is 19.2 Å². The molecule has 0 fully saturated rings. The van der Waals surface area contributed by atoms with Gasteiger partial charge < -0.3 is 4.57 Å². The van der Waals surface area contributed by atoms with Crippen LogP contribution in [0.25, 0.3) is 11.2 Å². The third kappa shape index (κ3) is 2.79. The zero-order valence-electron chi connectivity index (χ0n) is 12.3. The van der Waals surface area contributed by atoms with Gasteiger partial charge in [0, 0.05) is 12.2 Å². The van der Waals surface area contributed by atoms with Crippen LogP contribution in [0.2, 0.25) is 0 Å². The Labute approximate surface area is 129 Å². The Hall–Kier alpha value is -1.87. The number of aryl methyl sites for hydroxylation is 1. The lowest BCUT2D eigenvalue weighted by atomic mass is 10.1. The predicted molar refractivity (Wildman–Crippen MR) is 86.7 cm³/mol. The van der Waals surface area contributed by atoms with E-state index in [2.05, 4.69) is 51.8 Å². The molecule has 0 spiro atoms. The number of alkyl halides is 1. The Kier molecular flexibility index (Phi) is 3.93. The van der Waals surface area contributed by atoms with Crippen LogP contribution in [-0.2, 0) is 12.3 Å². The first-order valence-electron chi connectivity index (χ1n) is 7.12. The third-order valence-electron chi connectivity index (χ3n) is 3.67. The minimum absolute atomic E-state index is 0.265. The normalized spacial score (nSPS) is 12.7. The van der Waals surface area contributed by atoms with Gasteiger partial charge in [-0.1, -0.05) is 30.3 Å². The second-order valence-corrected chi connectivity index (χ2v) is 5.69. The molecule has 2 aromatic heterocycles. The van der Waals surface area contributed by atoms with Gasteiger partial charge >= 0.3 is 0 Å². The van der Waals surface area contributed by atoms with Crippen molar-refractivity contribution in [3.05, 3.63) is 59.5 Å². The number of rotatable bonds is 4. The maximum Gasteiger partial charge on any atom is 0.160 e. The summed E-state index contributed by atoms with van der Waals surface area (Å²) in [7, 11) is 0. The quantitative estimate of drug-likeness (QED) is 0.673. The van der Waals surface area contributed by atoms with E-state index in [0.29, 0.717) is 5.88 Å². The Morgan fingerprint density at radius 3 is 2.71 bits per heavy atom. The first kappa shape index (κ1) is 14.1. The molecule has 1 unspecified atom stereocenters. The molecule has 0 amide bonds. The molecule has 0 bridgehead atoms. The number of hydrogen-bond donors (Lipinski definition) is 0. The second kappa shape index (κ2) is 5.86. The largest absolute Gasteiger partial charge is 0.309 e. The summed E-state index contributed by atoms with van der Waals surface area (Å²) in [5, 5.41) is 0. The number of benzene rings is 1. The highest BCUT2D eigenvalue weighted by Gasteiger charge is 2.16. The van der Waals surface area contributed by atoms with E-state index >= 15 is 0 Å². The summed E-state index contributed by atoms with van der Waals surface area (Å²) in [6.45, 7) is 4.21. The summed E-state index contributed by atoms with van der Waals surface area (Å²) in [6.07, 6.45) is 2.82. The van der Waals surface area contributed by atoms with Gasteiger partial charge in [0.2, 0.25) is 0 Å². The number of pyridine rings is 1. The van der Waals surface area contributed by atoms with Gasteiger partial charge in [-0.15, -0.1) is 11.6 Å². The molecular formula is C17H18ClN3. The minimum atomic E-state index is 0.265. The number of fused-ring (bicyclic) bond motifs is 1. The number of nitrogens with zero attached hydrogens (tertiary/aromatic N) is 3. The first-order valence-corrected chi connectivity index (χ1v) is 7.66. The van der Waals surface area contributed by atoms with Gasteiger partial charge in [0.15, 0.2) is 5.65 Å². The summed E-state index contributed by atoms with van der Waals surface area (Å²) in [6, 6.07) is 12.8. The number of aromatic nitrogens is 3. The molecule has 0 aliphatic carbocycles. The van der Waals surface area contributed by atoms with Crippen LogP contribution in [0.15, 0.2) is 42.6 Å². The molecule has 0 saturated heterocycles. The Bertz CT molecular complexity index is 749. The molecule has 3 rings (SSSR count). The molecular weight excluding hydrogens is 282 g/mol. The van der Waals surface area contributed by atoms with Crippen molar-refractivity contribution in [3.8, 4) is 0 Å². The fourth-order valence-corrected chi connectivity index (χ4v) is 2.92. The monoisotopic (exact) mass is 299 g/mol. The fourth-order valence-electron chi connectivity index (χ4n) is 2.73. The lowest BCUT2D eigenvalue weighted by Crippen LogP contribution is -2.11. The number of halogens is 1. The van der Waals surface area contributed by atoms with Crippen LogP contribution in [-0.4, -0.2) is 14.5 Å². The number of imidazole rings is 1. The van der Waals surface area contributed by atoms with Crippen molar-refractivity contribution in [1.82, 2.24) is 14.5 Å². The van der Waals surface area contributed by atoms with Crippen LogP contribution in [0.1, 0.15) is 29.9 Å². The van der Waals surface area contributed by atoms with Crippen LogP contribution in [0.5, 0.6) is 0 Å². The maximum atomic E-state index is 6.08. The van der Waals surface area contributed by atoms with Gasteiger partial charge in [-0.25, -0.2) is 9.97 Å². The van der Waals surface area contributed by atoms with Gasteiger partial charge in [-0.05, 0) is 37.5 Å². The van der Waals surface area contributed by atoms with Crippen molar-refractivity contribution < 1.29 is 0 Å². The molecule has 21 heavy (non-hydrogen) atoms. The lowest BCUT2D eigenvalue weighted by Gasteiger charge is -2.16. The molecule has 1 aromatic carbocycles. The molecule has 3 aromatic rings. The van der Waals surface area contributed by atoms with E-state index < -0.39 is 0 Å². The van der Waals surface area contributed by atoms with Gasteiger partial charge in [-0.3, -0.25) is 0 Å². The molecule has 3 nitrogen and oxygen atoms in total. The summed E-state index contributed by atoms with van der Waals surface area (Å²) in [5.74, 6) is 1.28. The SMILES string of the molecule is Cc1cnc2c(c1)nc(CCl)n2C(C)Cc1ccccc1. The van der Waals surface area contributed by atoms with E-state index in [1.165, 1.54) is 5.56 Å². The van der Waals surface area contributed by atoms with Crippen LogP contribution in [0.3, 0.4) is 0 Å². The standard InChI is InChI=1S/C17H18ClN3/c1-12-8-15-17(19-11-12)21(16(10-18)20-15)13(2)9-14-6-4-3-5-7-14/h3-8,11,13H,9-10H2,1-2H3. The maximum absolute atomic E-state index is 6.08. The summed E-state index contributed by atoms with van der Waals surface area (Å²) in [4.78, 5) is 9.18. The van der Waals surface area contributed by atoms with Crippen LogP contribution >= 0.6 is 11.6 Å². The predicted octanol–water partition coefficient (Wildman–Crippen LogP) is 4.28. The van der Waals surface area contributed by atoms with E-state index in [0.717, 1.165) is 29.0 Å². The summed E-state index contributed by atoms with van der Waals surface area (Å²) >= 11 is 6.08. The average Bonchev–Trinajstić information content (AvgIpc) is 2.85. The van der Waals surface area contributed by atoms with Crippen molar-refractivity contribution in [2.75, 3.05) is 0 Å². The van der Waals surface area contributed by atoms with Crippen molar-refractivity contribution in [2.24, 2.45) is 0 Å². The lowest BCUT2D eigenvalue weighted by molar-refractivity contribution is 0.540. The van der Waals surface area contributed by atoms with E-state index in [9.17, 15) is 0 Å². The Morgan fingerprint density at radius 1 is 1.24 bits per heavy atom. The van der Waals surface area contributed by atoms with Gasteiger partial charge in [0.1, 0.15) is 11.3 Å². The summed E-state index contributed by atoms with van der Waals surface area (Å²) in [5.41, 5.74) is 4.26. The first-order chi connectivity index (χ1) is 10.2. The topological polar surface area (TPSA) is 30.7 Å². The molecule has 1 atom stereocenters. The van der Waals surface area contributed by atoms with Crippen LogP contribution < -0.4 is 0 Å². The molecule has 4 heteroatoms. The Balaban J connectivity index is 2.02. The second-order valence-electron chi connectivity index (χ2n) is 5.43. The van der Waals surface area contributed by atoms with Crippen LogP contribution in [0.4, 0.5) is 0 Å². The minimum Gasteiger partial charge on any atom is -0.309 e. The van der Waals surface area contributed by atoms with Gasteiger partial charge in [-0.2, -0.15) is 0 Å². The molecule has 0 N–H and O–H groups in total. The van der Waals surface area contributed by atoms with Crippen molar-refractivity contribution in [1.29, 1.82) is 0 Å². The molecule has 0 aliphatic rings. The fraction of sp³-hybridized carbons (Fsp3) is 0.294. The highest BCUT2D eigenvalue weighted by Crippen LogP contribution is 2.24. The van der Waals surface area contributed by atoms with Gasteiger partial charge in [0.05, 0.1) is 5.88 Å². The highest BCUT2D eigenvalue weighted by molar-refractivity contribution is 6.16. The highest BCUT2D eigenvalue weighted by atomic mass is 35.5. The van der Waals surface area contributed by atoms with E-state index in [4.69, 9.17) is 11.6 Å². The van der Waals surface area contributed by atoms with Crippen LogP contribution in [0, 0.1) is 6.92 Å². The Morgan fingerprint density at radius 2 is 2.00 bits per heavy atom. The van der Waals surface area contributed by atoms with Crippen molar-refractivity contribution in [2.45, 2.75) is 32.2 Å². The zero-order valence-corrected chi connectivity index (χ0v) is 13.0. The third-order valence-corrected chi connectivity index (χ3v) is 3.91. The molecule has 2 heterocycles. The molecule has 0 radical (unpaired) electrons. The molecule has 0 saturated carbocycles. The van der Waals surface area contributed by atoms with E-state index in [-0.39, 0.29) is 6.04 Å². The number of hydrogen-bond acceptors (Lipinski definition) is 2. The molecule has 108 valence electrons. The average molecular weight is 300 g/mol. The summed E-state index contributed by atoms with van der Waals surface area (Å²) < 4.78 is 2.16. The smallest absolute Gasteiger partial charge is 0.160 e. The zero-order chi connectivity index (χ0) is 14.8. The van der Waals surface area contributed by atoms with E-state index in [1.54, 1.807) is 0 Å². The van der Waals surface area contributed by atoms with Gasteiger partial charge in [0.25, 0.3) is 0 Å². The molecule has 0 aliphatic heterocycles.